The average Bonchev–Trinajstić information content (AvgIpc) is 3.61. The number of para-hydroxylation sites is 4. The normalized spacial score (nSPS) is 10.8. The van der Waals surface area contributed by atoms with E-state index in [2.05, 4.69) is 64.4 Å². The van der Waals surface area contributed by atoms with Crippen molar-refractivity contribution in [3.63, 3.8) is 0 Å². The molecule has 4 aromatic carbocycles. The van der Waals surface area contributed by atoms with E-state index in [4.69, 9.17) is 13.6 Å². The zero-order valence-corrected chi connectivity index (χ0v) is 27.6. The Kier molecular flexibility index (Phi) is 8.92. The lowest BCUT2D eigenvalue weighted by atomic mass is 10.1. The number of hydrogen-bond acceptors (Lipinski definition) is 6. The zero-order chi connectivity index (χ0) is 29.8. The molecule has 8 rings (SSSR count). The molecular formula is C34H23Br2IN2O4. The van der Waals surface area contributed by atoms with Gasteiger partial charge in [-0.15, -0.1) is 0 Å². The van der Waals surface area contributed by atoms with Gasteiger partial charge >= 0.3 is 0 Å². The van der Waals surface area contributed by atoms with Crippen molar-refractivity contribution in [1.82, 2.24) is 9.97 Å². The van der Waals surface area contributed by atoms with Crippen molar-refractivity contribution in [2.75, 3.05) is 0 Å². The van der Waals surface area contributed by atoms with Gasteiger partial charge in [-0.25, -0.2) is 9.97 Å². The van der Waals surface area contributed by atoms with E-state index in [1.807, 2.05) is 103 Å². The van der Waals surface area contributed by atoms with Gasteiger partial charge in [-0.1, -0.05) is 60.7 Å². The SMILES string of the molecule is Brc1ccc(I)nc1.Brc1ccc(Oc2cccc3c2oc2ccccc23)nc1.Oc1cccc2c1oc1ccccc12.[2HH]. The maximum atomic E-state index is 9.58. The van der Waals surface area contributed by atoms with Gasteiger partial charge < -0.3 is 18.7 Å². The van der Waals surface area contributed by atoms with Crippen molar-refractivity contribution in [2.24, 2.45) is 0 Å². The third-order valence-corrected chi connectivity index (χ3v) is 7.93. The molecule has 4 aromatic heterocycles. The summed E-state index contributed by atoms with van der Waals surface area (Å²) in [5.41, 5.74) is 2.97. The monoisotopic (exact) mass is 809 g/mol. The Bertz CT molecular complexity index is 2150. The van der Waals surface area contributed by atoms with Crippen LogP contribution in [0, 0.1) is 3.70 Å². The molecule has 4 heterocycles. The topological polar surface area (TPSA) is 81.5 Å². The fourth-order valence-corrected chi connectivity index (χ4v) is 5.22. The van der Waals surface area contributed by atoms with E-state index in [0.29, 0.717) is 17.2 Å². The number of hydrogen-bond donors (Lipinski definition) is 1. The van der Waals surface area contributed by atoms with Gasteiger partial charge in [0.1, 0.15) is 14.9 Å². The first-order valence-corrected chi connectivity index (χ1v) is 15.7. The largest absolute Gasteiger partial charge is 0.504 e. The summed E-state index contributed by atoms with van der Waals surface area (Å²) >= 11 is 8.80. The van der Waals surface area contributed by atoms with E-state index in [-0.39, 0.29) is 7.18 Å². The van der Waals surface area contributed by atoms with Crippen LogP contribution in [0.25, 0.3) is 43.9 Å². The van der Waals surface area contributed by atoms with E-state index in [1.54, 1.807) is 18.5 Å². The quantitative estimate of drug-likeness (QED) is 0.138. The van der Waals surface area contributed by atoms with Crippen molar-refractivity contribution >= 4 is 98.3 Å². The Hall–Kier alpha value is -3.93. The molecular weight excluding hydrogens is 787 g/mol. The molecule has 0 amide bonds. The molecule has 0 aliphatic carbocycles. The van der Waals surface area contributed by atoms with Crippen molar-refractivity contribution < 1.29 is 20.1 Å². The highest BCUT2D eigenvalue weighted by molar-refractivity contribution is 14.1. The molecule has 8 aromatic rings. The molecule has 0 fully saturated rings. The smallest absolute Gasteiger partial charge is 0.219 e. The first kappa shape index (κ1) is 29.2. The van der Waals surface area contributed by atoms with Crippen LogP contribution in [0.15, 0.2) is 139 Å². The summed E-state index contributed by atoms with van der Waals surface area (Å²) in [6.07, 6.45) is 3.48. The predicted molar refractivity (Wildman–Crippen MR) is 188 cm³/mol. The Morgan fingerprint density at radius 2 is 1.16 bits per heavy atom. The molecule has 0 unspecified atom stereocenters. The van der Waals surface area contributed by atoms with Gasteiger partial charge in [0.25, 0.3) is 0 Å². The molecule has 0 bridgehead atoms. The molecule has 0 saturated heterocycles. The maximum absolute atomic E-state index is 9.58. The standard InChI is InChI=1S/C17H10BrNO2.C12H8O2.C5H3BrIN.H2/c18-11-8-9-16(19-10-11)20-15-7-3-5-13-12-4-1-2-6-14(12)21-17(13)15;13-10-6-3-5-9-8-4-1-2-7-11(8)14-12(9)10;6-4-1-2-5(7)8-3-4;/h1-10H;1-7,13H;1-3H;1H/i;;;1+1. The Labute approximate surface area is 278 Å². The number of aromatic nitrogens is 2. The van der Waals surface area contributed by atoms with Gasteiger partial charge in [-0.3, -0.25) is 0 Å². The first-order chi connectivity index (χ1) is 21.0. The predicted octanol–water partition coefficient (Wildman–Crippen LogP) is 11.5. The fourth-order valence-electron chi connectivity index (χ4n) is 4.43. The molecule has 0 spiro atoms. The molecule has 43 heavy (non-hydrogen) atoms. The highest BCUT2D eigenvalue weighted by atomic mass is 127. The molecule has 214 valence electrons. The number of pyridine rings is 2. The summed E-state index contributed by atoms with van der Waals surface area (Å²) in [5.74, 6) is 1.39. The molecule has 0 atom stereocenters. The van der Waals surface area contributed by atoms with E-state index >= 15 is 0 Å². The minimum absolute atomic E-state index is 0. The third-order valence-electron chi connectivity index (χ3n) is 6.36. The second-order valence-corrected chi connectivity index (χ2v) is 12.1. The van der Waals surface area contributed by atoms with Crippen LogP contribution < -0.4 is 4.74 Å². The van der Waals surface area contributed by atoms with E-state index < -0.39 is 0 Å². The van der Waals surface area contributed by atoms with Crippen LogP contribution in [0.1, 0.15) is 1.43 Å². The van der Waals surface area contributed by atoms with Crippen molar-refractivity contribution in [3.05, 3.63) is 134 Å². The van der Waals surface area contributed by atoms with Gasteiger partial charge in [0.05, 0.1) is 0 Å². The lowest BCUT2D eigenvalue weighted by Crippen LogP contribution is -1.87. The number of aromatic hydroxyl groups is 1. The molecule has 0 radical (unpaired) electrons. The number of furan rings is 2. The second kappa shape index (κ2) is 13.2. The molecule has 0 aliphatic rings. The molecule has 0 aliphatic heterocycles. The number of phenols is 1. The number of halogens is 3. The molecule has 9 heteroatoms. The number of fused-ring (bicyclic) bond motifs is 6. The fraction of sp³-hybridized carbons (Fsp3) is 0. The van der Waals surface area contributed by atoms with Crippen LogP contribution >= 0.6 is 54.5 Å². The summed E-state index contributed by atoms with van der Waals surface area (Å²) in [7, 11) is 0. The van der Waals surface area contributed by atoms with E-state index in [9.17, 15) is 5.11 Å². The maximum Gasteiger partial charge on any atom is 0.219 e. The highest BCUT2D eigenvalue weighted by Gasteiger charge is 2.12. The first-order valence-electron chi connectivity index (χ1n) is 13.0. The van der Waals surface area contributed by atoms with Crippen molar-refractivity contribution in [3.8, 4) is 17.4 Å². The number of benzene rings is 4. The number of ether oxygens (including phenoxy) is 1. The molecule has 0 saturated carbocycles. The highest BCUT2D eigenvalue weighted by Crippen LogP contribution is 2.36. The van der Waals surface area contributed by atoms with Gasteiger partial charge in [-0.2, -0.15) is 0 Å². The van der Waals surface area contributed by atoms with Crippen LogP contribution in [0.3, 0.4) is 0 Å². The lowest BCUT2D eigenvalue weighted by Gasteiger charge is -2.04. The van der Waals surface area contributed by atoms with Crippen molar-refractivity contribution in [2.45, 2.75) is 0 Å². The molecule has 6 nitrogen and oxygen atoms in total. The zero-order valence-electron chi connectivity index (χ0n) is 22.2. The Morgan fingerprint density at radius 3 is 1.77 bits per heavy atom. The van der Waals surface area contributed by atoms with Crippen LogP contribution in [0.4, 0.5) is 0 Å². The van der Waals surface area contributed by atoms with Crippen LogP contribution in [-0.2, 0) is 0 Å². The molecule has 1 N–H and O–H groups in total. The second-order valence-electron chi connectivity index (χ2n) is 9.20. The van der Waals surface area contributed by atoms with Gasteiger partial charge in [0.2, 0.25) is 5.88 Å². The van der Waals surface area contributed by atoms with Crippen LogP contribution in [0.2, 0.25) is 0 Å². The summed E-state index contributed by atoms with van der Waals surface area (Å²) in [6.45, 7) is 0. The van der Waals surface area contributed by atoms with Gasteiger partial charge in [0, 0.05) is 50.4 Å². The average molecular weight is 811 g/mol. The van der Waals surface area contributed by atoms with Gasteiger partial charge in [0.15, 0.2) is 22.7 Å². The van der Waals surface area contributed by atoms with Crippen LogP contribution in [-0.4, -0.2) is 15.1 Å². The summed E-state index contributed by atoms with van der Waals surface area (Å²) in [6, 6.07) is 34.6. The lowest BCUT2D eigenvalue weighted by molar-refractivity contribution is 0.458. The number of phenolic OH excluding ortho intramolecular Hbond substituents is 1. The minimum atomic E-state index is 0. The van der Waals surface area contributed by atoms with Gasteiger partial charge in [-0.05, 0) is 96.9 Å². The summed E-state index contributed by atoms with van der Waals surface area (Å²) in [5, 5.41) is 13.7. The number of nitrogens with zero attached hydrogens (tertiary/aromatic N) is 2. The van der Waals surface area contributed by atoms with E-state index in [1.165, 1.54) is 0 Å². The summed E-state index contributed by atoms with van der Waals surface area (Å²) in [4.78, 5) is 8.24. The Balaban J connectivity index is 0.000000144. The van der Waals surface area contributed by atoms with E-state index in [0.717, 1.165) is 50.9 Å². The van der Waals surface area contributed by atoms with Crippen LogP contribution in [0.5, 0.6) is 17.4 Å². The Morgan fingerprint density at radius 1 is 0.605 bits per heavy atom. The number of rotatable bonds is 2. The third kappa shape index (κ3) is 6.69. The summed E-state index contributed by atoms with van der Waals surface area (Å²) < 4.78 is 20.3. The van der Waals surface area contributed by atoms with Crippen molar-refractivity contribution in [1.29, 1.82) is 0 Å². The minimum Gasteiger partial charge on any atom is -0.504 e.